The van der Waals surface area contributed by atoms with E-state index in [9.17, 15) is 9.59 Å². The number of nitrogens with one attached hydrogen (secondary N) is 1. The molecule has 0 saturated heterocycles. The van der Waals surface area contributed by atoms with Crippen molar-refractivity contribution in [1.82, 2.24) is 15.1 Å². The molecule has 7 heteroatoms. The number of aryl methyl sites for hydroxylation is 1. The summed E-state index contributed by atoms with van der Waals surface area (Å²) in [6.45, 7) is 3.66. The van der Waals surface area contributed by atoms with Crippen LogP contribution in [0.25, 0.3) is 0 Å². The monoisotopic (exact) mass is 268 g/mol. The molecule has 2 unspecified atom stereocenters. The van der Waals surface area contributed by atoms with Crippen molar-refractivity contribution < 1.29 is 14.7 Å². The second-order valence-corrected chi connectivity index (χ2v) is 4.86. The highest BCUT2D eigenvalue weighted by Gasteiger charge is 2.24. The van der Waals surface area contributed by atoms with Gasteiger partial charge in [0.25, 0.3) is 0 Å². The average Bonchev–Trinajstić information content (AvgIpc) is 2.73. The molecule has 1 amide bonds. The van der Waals surface area contributed by atoms with Crippen molar-refractivity contribution in [3.05, 3.63) is 18.0 Å². The van der Waals surface area contributed by atoms with E-state index in [4.69, 9.17) is 10.8 Å². The number of carbonyl (C=O) groups excluding carboxylic acids is 1. The predicted molar refractivity (Wildman–Crippen MR) is 69.1 cm³/mol. The van der Waals surface area contributed by atoms with Gasteiger partial charge in [-0.15, -0.1) is 0 Å². The van der Waals surface area contributed by atoms with Crippen LogP contribution in [-0.4, -0.2) is 33.3 Å². The van der Waals surface area contributed by atoms with Crippen molar-refractivity contribution in [1.29, 1.82) is 0 Å². The summed E-state index contributed by atoms with van der Waals surface area (Å²) in [7, 11) is 1.73. The molecule has 106 valence electrons. The molecule has 0 aliphatic heterocycles. The number of nitrogens with zero attached hydrogens (tertiary/aromatic N) is 2. The second-order valence-electron chi connectivity index (χ2n) is 4.86. The number of carboxylic acids is 1. The summed E-state index contributed by atoms with van der Waals surface area (Å²) in [5.74, 6) is -2.01. The fourth-order valence-electron chi connectivity index (χ4n) is 1.68. The van der Waals surface area contributed by atoms with Gasteiger partial charge in [0, 0.05) is 25.4 Å². The highest BCUT2D eigenvalue weighted by atomic mass is 16.4. The Hall–Kier alpha value is -1.89. The Kier molecular flexibility index (Phi) is 5.05. The third kappa shape index (κ3) is 4.06. The number of aliphatic carboxylic acids is 1. The fraction of sp³-hybridized carbons (Fsp3) is 0.583. The zero-order valence-electron chi connectivity index (χ0n) is 11.3. The van der Waals surface area contributed by atoms with Crippen LogP contribution in [0, 0.1) is 11.8 Å². The van der Waals surface area contributed by atoms with E-state index in [1.165, 1.54) is 6.20 Å². The first-order chi connectivity index (χ1) is 8.82. The van der Waals surface area contributed by atoms with E-state index in [0.717, 1.165) is 0 Å². The molecule has 0 saturated carbocycles. The molecule has 0 spiro atoms. The van der Waals surface area contributed by atoms with E-state index in [1.807, 2.05) is 0 Å². The summed E-state index contributed by atoms with van der Waals surface area (Å²) in [6, 6.07) is -0.838. The smallest absolute Gasteiger partial charge is 0.308 e. The number of hydrogen-bond donors (Lipinski definition) is 3. The Morgan fingerprint density at radius 3 is 2.58 bits per heavy atom. The van der Waals surface area contributed by atoms with Gasteiger partial charge in [-0.25, -0.2) is 0 Å². The normalized spacial score (nSPS) is 14.2. The lowest BCUT2D eigenvalue weighted by atomic mass is 9.96. The lowest BCUT2D eigenvalue weighted by molar-refractivity contribution is -0.143. The summed E-state index contributed by atoms with van der Waals surface area (Å²) >= 11 is 0. The molecular formula is C12H20N4O3. The summed E-state index contributed by atoms with van der Waals surface area (Å²) < 4.78 is 1.55. The van der Waals surface area contributed by atoms with Crippen molar-refractivity contribution in [3.8, 4) is 0 Å². The third-order valence-corrected chi connectivity index (χ3v) is 2.98. The Balaban J connectivity index is 2.57. The molecule has 0 fully saturated rings. The molecule has 2 atom stereocenters. The molecule has 19 heavy (non-hydrogen) atoms. The molecule has 1 rings (SSSR count). The number of amides is 1. The van der Waals surface area contributed by atoms with Gasteiger partial charge in [0.15, 0.2) is 0 Å². The van der Waals surface area contributed by atoms with E-state index in [0.29, 0.717) is 5.56 Å². The zero-order valence-corrected chi connectivity index (χ0v) is 11.3. The largest absolute Gasteiger partial charge is 0.481 e. The number of aromatic nitrogens is 2. The average molecular weight is 268 g/mol. The highest BCUT2D eigenvalue weighted by molar-refractivity contribution is 5.83. The maximum absolute atomic E-state index is 11.8. The van der Waals surface area contributed by atoms with Crippen LogP contribution in [-0.2, 0) is 16.6 Å². The molecular weight excluding hydrogens is 248 g/mol. The molecule has 7 nitrogen and oxygen atoms in total. The summed E-state index contributed by atoms with van der Waals surface area (Å²) in [5.41, 5.74) is 6.37. The maximum atomic E-state index is 11.8. The molecule has 4 N–H and O–H groups in total. The molecule has 1 aromatic heterocycles. The minimum atomic E-state index is -0.926. The highest BCUT2D eigenvalue weighted by Crippen LogP contribution is 2.12. The molecule has 0 bridgehead atoms. The van der Waals surface area contributed by atoms with Gasteiger partial charge in [-0.2, -0.15) is 5.10 Å². The van der Waals surface area contributed by atoms with Gasteiger partial charge in [-0.05, 0) is 5.92 Å². The van der Waals surface area contributed by atoms with Crippen LogP contribution in [0.1, 0.15) is 25.5 Å². The summed E-state index contributed by atoms with van der Waals surface area (Å²) in [5, 5.41) is 15.5. The van der Waals surface area contributed by atoms with E-state index < -0.39 is 23.8 Å². The number of rotatable bonds is 6. The van der Waals surface area contributed by atoms with Crippen molar-refractivity contribution >= 4 is 11.9 Å². The van der Waals surface area contributed by atoms with Gasteiger partial charge in [0.1, 0.15) is 6.04 Å². The van der Waals surface area contributed by atoms with Crippen LogP contribution in [0.5, 0.6) is 0 Å². The van der Waals surface area contributed by atoms with Crippen molar-refractivity contribution in [3.63, 3.8) is 0 Å². The number of hydrogen-bond acceptors (Lipinski definition) is 4. The third-order valence-electron chi connectivity index (χ3n) is 2.98. The van der Waals surface area contributed by atoms with E-state index in [1.54, 1.807) is 31.8 Å². The molecule has 0 aliphatic carbocycles. The first-order valence-electron chi connectivity index (χ1n) is 6.07. The SMILES string of the molecule is CC(C)C(CNC(=O)C(N)c1cnn(C)c1)C(=O)O. The van der Waals surface area contributed by atoms with Crippen molar-refractivity contribution in [2.75, 3.05) is 6.54 Å². The Morgan fingerprint density at radius 2 is 2.16 bits per heavy atom. The quantitative estimate of drug-likeness (QED) is 0.667. The molecule has 1 heterocycles. The topological polar surface area (TPSA) is 110 Å². The molecule has 0 radical (unpaired) electrons. The van der Waals surface area contributed by atoms with Gasteiger partial charge in [0.05, 0.1) is 12.1 Å². The van der Waals surface area contributed by atoms with E-state index >= 15 is 0 Å². The Bertz CT molecular complexity index is 456. The van der Waals surface area contributed by atoms with E-state index in [2.05, 4.69) is 10.4 Å². The lowest BCUT2D eigenvalue weighted by Crippen LogP contribution is -2.40. The molecule has 0 aromatic carbocycles. The van der Waals surface area contributed by atoms with Gasteiger partial charge >= 0.3 is 5.97 Å². The second kappa shape index (κ2) is 6.33. The summed E-state index contributed by atoms with van der Waals surface area (Å²) in [4.78, 5) is 22.8. The first-order valence-corrected chi connectivity index (χ1v) is 6.07. The van der Waals surface area contributed by atoms with Gasteiger partial charge < -0.3 is 16.2 Å². The first kappa shape index (κ1) is 15.2. The predicted octanol–water partition coefficient (Wildman–Crippen LogP) is -0.107. The number of carboxylic acid groups (broad SMARTS) is 1. The molecule has 1 aromatic rings. The number of carbonyl (C=O) groups is 2. The minimum absolute atomic E-state index is 0.0626. The molecule has 0 aliphatic rings. The Morgan fingerprint density at radius 1 is 1.53 bits per heavy atom. The van der Waals surface area contributed by atoms with Crippen LogP contribution >= 0.6 is 0 Å². The fourth-order valence-corrected chi connectivity index (χ4v) is 1.68. The summed E-state index contributed by atoms with van der Waals surface area (Å²) in [6.07, 6.45) is 3.17. The minimum Gasteiger partial charge on any atom is -0.481 e. The van der Waals surface area contributed by atoms with Gasteiger partial charge in [0.2, 0.25) is 5.91 Å². The zero-order chi connectivity index (χ0) is 14.6. The van der Waals surface area contributed by atoms with Crippen LogP contribution < -0.4 is 11.1 Å². The maximum Gasteiger partial charge on any atom is 0.308 e. The van der Waals surface area contributed by atoms with Crippen molar-refractivity contribution in [2.24, 2.45) is 24.6 Å². The van der Waals surface area contributed by atoms with Crippen LogP contribution in [0.4, 0.5) is 0 Å². The van der Waals surface area contributed by atoms with Gasteiger partial charge in [-0.1, -0.05) is 13.8 Å². The standard InChI is InChI=1S/C12H20N4O3/c1-7(2)9(12(18)19)5-14-11(17)10(13)8-4-15-16(3)6-8/h4,6-7,9-10H,5,13H2,1-3H3,(H,14,17)(H,18,19). The van der Waals surface area contributed by atoms with Crippen molar-refractivity contribution in [2.45, 2.75) is 19.9 Å². The van der Waals surface area contributed by atoms with Crippen LogP contribution in [0.15, 0.2) is 12.4 Å². The Labute approximate surface area is 111 Å². The van der Waals surface area contributed by atoms with E-state index in [-0.39, 0.29) is 12.5 Å². The lowest BCUT2D eigenvalue weighted by Gasteiger charge is -2.18. The number of nitrogens with two attached hydrogens (primary N) is 1. The van der Waals surface area contributed by atoms with Gasteiger partial charge in [-0.3, -0.25) is 14.3 Å². The van der Waals surface area contributed by atoms with Crippen LogP contribution in [0.2, 0.25) is 0 Å². The van der Waals surface area contributed by atoms with Crippen LogP contribution in [0.3, 0.4) is 0 Å².